The Morgan fingerprint density at radius 2 is 2.33 bits per heavy atom. The molecule has 0 radical (unpaired) electrons. The van der Waals surface area contributed by atoms with Gasteiger partial charge >= 0.3 is 5.97 Å². The van der Waals surface area contributed by atoms with Crippen LogP contribution in [0.2, 0.25) is 0 Å². The highest BCUT2D eigenvalue weighted by molar-refractivity contribution is 5.88. The van der Waals surface area contributed by atoms with Crippen molar-refractivity contribution in [3.05, 3.63) is 41.7 Å². The Bertz CT molecular complexity index is 399. The third-order valence-electron chi connectivity index (χ3n) is 1.83. The maximum absolute atomic E-state index is 13.3. The van der Waals surface area contributed by atoms with Gasteiger partial charge in [0.15, 0.2) is 0 Å². The van der Waals surface area contributed by atoms with Crippen molar-refractivity contribution in [2.45, 2.75) is 6.92 Å². The van der Waals surface area contributed by atoms with Gasteiger partial charge in [-0.25, -0.2) is 9.18 Å². The van der Waals surface area contributed by atoms with Crippen molar-refractivity contribution in [3.63, 3.8) is 0 Å². The summed E-state index contributed by atoms with van der Waals surface area (Å²) in [5, 5.41) is 8.72. The van der Waals surface area contributed by atoms with E-state index in [0.717, 1.165) is 6.07 Å². The zero-order valence-electron chi connectivity index (χ0n) is 8.29. The number of hydrogen-bond donors (Lipinski definition) is 1. The minimum atomic E-state index is -1.31. The third kappa shape index (κ3) is 2.56. The van der Waals surface area contributed by atoms with Gasteiger partial charge < -0.3 is 9.84 Å². The molecule has 0 aliphatic rings. The fourth-order valence-corrected chi connectivity index (χ4v) is 1.13. The molecule has 0 heterocycles. The number of carbonyl (C=O) groups is 1. The number of ether oxygens (including phenoxy) is 1. The minimum Gasteiger partial charge on any atom is -0.490 e. The van der Waals surface area contributed by atoms with Crippen molar-refractivity contribution in [1.82, 2.24) is 0 Å². The van der Waals surface area contributed by atoms with E-state index in [0.29, 0.717) is 5.75 Å². The fourth-order valence-electron chi connectivity index (χ4n) is 1.13. The molecule has 0 fully saturated rings. The van der Waals surface area contributed by atoms with Crippen molar-refractivity contribution in [2.75, 3.05) is 6.61 Å². The van der Waals surface area contributed by atoms with Crippen LogP contribution in [0.5, 0.6) is 5.75 Å². The molecule has 1 aromatic carbocycles. The van der Waals surface area contributed by atoms with Crippen molar-refractivity contribution in [1.29, 1.82) is 0 Å². The Balaban J connectivity index is 3.11. The van der Waals surface area contributed by atoms with Crippen LogP contribution in [0.25, 0.3) is 0 Å². The third-order valence-corrected chi connectivity index (χ3v) is 1.83. The van der Waals surface area contributed by atoms with Gasteiger partial charge in [0.05, 0.1) is 5.56 Å². The van der Waals surface area contributed by atoms with Gasteiger partial charge in [0.2, 0.25) is 0 Å². The molecular formula is C11H11FO3. The summed E-state index contributed by atoms with van der Waals surface area (Å²) in [4.78, 5) is 10.7. The molecule has 15 heavy (non-hydrogen) atoms. The average Bonchev–Trinajstić information content (AvgIpc) is 2.19. The topological polar surface area (TPSA) is 46.5 Å². The highest BCUT2D eigenvalue weighted by Crippen LogP contribution is 2.21. The van der Waals surface area contributed by atoms with E-state index < -0.39 is 11.8 Å². The number of aromatic carboxylic acids is 1. The lowest BCUT2D eigenvalue weighted by atomic mass is 10.1. The number of rotatable bonds is 4. The number of carboxylic acid groups (broad SMARTS) is 1. The second-order valence-corrected chi connectivity index (χ2v) is 3.01. The van der Waals surface area contributed by atoms with Crippen LogP contribution in [0.3, 0.4) is 0 Å². The predicted molar refractivity (Wildman–Crippen MR) is 53.8 cm³/mol. The van der Waals surface area contributed by atoms with Crippen LogP contribution in [0.4, 0.5) is 4.39 Å². The molecule has 1 N–H and O–H groups in total. The summed E-state index contributed by atoms with van der Waals surface area (Å²) < 4.78 is 18.4. The lowest BCUT2D eigenvalue weighted by Gasteiger charge is -2.07. The second kappa shape index (κ2) is 4.59. The standard InChI is InChI=1S/C11H11FO3/c1-3-4-15-8-5-7(2)10(12)9(6-8)11(13)14/h3,5-6H,1,4H2,2H3,(H,13,14). The van der Waals surface area contributed by atoms with Crippen LogP contribution in [-0.2, 0) is 0 Å². The Morgan fingerprint density at radius 1 is 1.67 bits per heavy atom. The molecule has 4 heteroatoms. The lowest BCUT2D eigenvalue weighted by molar-refractivity contribution is 0.0691. The number of aryl methyl sites for hydroxylation is 1. The van der Waals surface area contributed by atoms with Crippen molar-refractivity contribution < 1.29 is 19.0 Å². The molecule has 0 aliphatic carbocycles. The van der Waals surface area contributed by atoms with Gasteiger partial charge in [-0.3, -0.25) is 0 Å². The lowest BCUT2D eigenvalue weighted by Crippen LogP contribution is -2.04. The predicted octanol–water partition coefficient (Wildman–Crippen LogP) is 2.40. The maximum atomic E-state index is 13.3. The minimum absolute atomic E-state index is 0.244. The van der Waals surface area contributed by atoms with Gasteiger partial charge in [0.1, 0.15) is 18.2 Å². The molecule has 1 aromatic rings. The highest BCUT2D eigenvalue weighted by Gasteiger charge is 2.14. The van der Waals surface area contributed by atoms with Crippen molar-refractivity contribution in [2.24, 2.45) is 0 Å². The summed E-state index contributed by atoms with van der Waals surface area (Å²) in [7, 11) is 0. The van der Waals surface area contributed by atoms with E-state index in [2.05, 4.69) is 6.58 Å². The molecule has 0 aliphatic heterocycles. The van der Waals surface area contributed by atoms with Gasteiger partial charge in [-0.05, 0) is 24.6 Å². The SMILES string of the molecule is C=CCOc1cc(C)c(F)c(C(=O)O)c1. The van der Waals surface area contributed by atoms with E-state index >= 15 is 0 Å². The van der Waals surface area contributed by atoms with Gasteiger partial charge in [-0.1, -0.05) is 12.7 Å². The fraction of sp³-hybridized carbons (Fsp3) is 0.182. The van der Waals surface area contributed by atoms with E-state index in [1.54, 1.807) is 0 Å². The summed E-state index contributed by atoms with van der Waals surface area (Å²) in [6.45, 7) is 5.20. The first-order valence-corrected chi connectivity index (χ1v) is 4.33. The Labute approximate surface area is 86.8 Å². The van der Waals surface area contributed by atoms with Gasteiger partial charge in [0.25, 0.3) is 0 Å². The van der Waals surface area contributed by atoms with Crippen LogP contribution in [0.15, 0.2) is 24.8 Å². The van der Waals surface area contributed by atoms with E-state index in [-0.39, 0.29) is 17.7 Å². The van der Waals surface area contributed by atoms with E-state index in [1.165, 1.54) is 19.1 Å². The molecular weight excluding hydrogens is 199 g/mol. The molecule has 0 bridgehead atoms. The number of carboxylic acids is 1. The monoisotopic (exact) mass is 210 g/mol. The average molecular weight is 210 g/mol. The maximum Gasteiger partial charge on any atom is 0.338 e. The van der Waals surface area contributed by atoms with Crippen molar-refractivity contribution >= 4 is 5.97 Å². The highest BCUT2D eigenvalue weighted by atomic mass is 19.1. The Morgan fingerprint density at radius 3 is 2.87 bits per heavy atom. The first-order chi connectivity index (χ1) is 7.06. The quantitative estimate of drug-likeness (QED) is 0.776. The number of halogens is 1. The zero-order chi connectivity index (χ0) is 11.4. The summed E-state index contributed by atoms with van der Waals surface area (Å²) in [6.07, 6.45) is 1.53. The summed E-state index contributed by atoms with van der Waals surface area (Å²) >= 11 is 0. The molecule has 0 amide bonds. The summed E-state index contributed by atoms with van der Waals surface area (Å²) in [6, 6.07) is 2.61. The number of hydrogen-bond acceptors (Lipinski definition) is 2. The van der Waals surface area contributed by atoms with Crippen LogP contribution >= 0.6 is 0 Å². The molecule has 1 rings (SSSR count). The molecule has 0 saturated carbocycles. The molecule has 0 saturated heterocycles. The van der Waals surface area contributed by atoms with Gasteiger partial charge in [-0.2, -0.15) is 0 Å². The van der Waals surface area contributed by atoms with Gasteiger partial charge in [0, 0.05) is 0 Å². The van der Waals surface area contributed by atoms with E-state index in [4.69, 9.17) is 9.84 Å². The first-order valence-electron chi connectivity index (χ1n) is 4.33. The summed E-state index contributed by atoms with van der Waals surface area (Å²) in [5.74, 6) is -1.71. The Kier molecular flexibility index (Phi) is 3.44. The zero-order valence-corrected chi connectivity index (χ0v) is 8.29. The molecule has 0 atom stereocenters. The largest absolute Gasteiger partial charge is 0.490 e. The summed E-state index contributed by atoms with van der Waals surface area (Å²) in [5.41, 5.74) is -0.136. The molecule has 0 spiro atoms. The second-order valence-electron chi connectivity index (χ2n) is 3.01. The molecule has 0 aromatic heterocycles. The van der Waals surface area contributed by atoms with Crippen molar-refractivity contribution in [3.8, 4) is 5.75 Å². The van der Waals surface area contributed by atoms with Crippen LogP contribution < -0.4 is 4.74 Å². The molecule has 80 valence electrons. The van der Waals surface area contributed by atoms with E-state index in [1.807, 2.05) is 0 Å². The number of benzene rings is 1. The smallest absolute Gasteiger partial charge is 0.338 e. The Hall–Kier alpha value is -1.84. The first kappa shape index (κ1) is 11.2. The van der Waals surface area contributed by atoms with Crippen LogP contribution in [0.1, 0.15) is 15.9 Å². The van der Waals surface area contributed by atoms with Crippen LogP contribution in [0, 0.1) is 12.7 Å². The van der Waals surface area contributed by atoms with Crippen LogP contribution in [-0.4, -0.2) is 17.7 Å². The normalized spacial score (nSPS) is 9.73. The molecule has 3 nitrogen and oxygen atoms in total. The van der Waals surface area contributed by atoms with Gasteiger partial charge in [-0.15, -0.1) is 0 Å². The molecule has 0 unspecified atom stereocenters. The van der Waals surface area contributed by atoms with E-state index in [9.17, 15) is 9.18 Å².